The third-order valence-corrected chi connectivity index (χ3v) is 5.37. The number of carboxylic acid groups (broad SMARTS) is 1. The van der Waals surface area contributed by atoms with Crippen LogP contribution in [0.2, 0.25) is 10.0 Å². The van der Waals surface area contributed by atoms with Gasteiger partial charge in [-0.1, -0.05) is 29.3 Å². The number of carboxylic acids is 1. The van der Waals surface area contributed by atoms with Gasteiger partial charge in [0.2, 0.25) is 5.91 Å². The summed E-state index contributed by atoms with van der Waals surface area (Å²) in [6.07, 6.45) is 1.92. The predicted octanol–water partition coefficient (Wildman–Crippen LogP) is 3.42. The van der Waals surface area contributed by atoms with Crippen LogP contribution in [0.25, 0.3) is 0 Å². The van der Waals surface area contributed by atoms with Crippen LogP contribution < -0.4 is 0 Å². The molecule has 1 aromatic carbocycles. The van der Waals surface area contributed by atoms with Crippen LogP contribution in [0.15, 0.2) is 18.2 Å². The van der Waals surface area contributed by atoms with Crippen molar-refractivity contribution in [2.45, 2.75) is 25.2 Å². The monoisotopic (exact) mass is 341 g/mol. The van der Waals surface area contributed by atoms with Gasteiger partial charge in [0, 0.05) is 19.0 Å². The minimum atomic E-state index is -0.757. The first-order valence-corrected chi connectivity index (χ1v) is 8.19. The lowest BCUT2D eigenvalue weighted by Crippen LogP contribution is -2.41. The van der Waals surface area contributed by atoms with Crippen molar-refractivity contribution in [2.24, 2.45) is 11.8 Å². The van der Waals surface area contributed by atoms with Gasteiger partial charge in [-0.25, -0.2) is 0 Å². The molecule has 0 bridgehead atoms. The topological polar surface area (TPSA) is 57.6 Å². The van der Waals surface area contributed by atoms with Gasteiger partial charge in [0.15, 0.2) is 0 Å². The molecule has 2 unspecified atom stereocenters. The summed E-state index contributed by atoms with van der Waals surface area (Å²) in [6.45, 7) is 1.08. The number of aliphatic carboxylic acids is 1. The van der Waals surface area contributed by atoms with Crippen molar-refractivity contribution in [3.05, 3.63) is 33.8 Å². The zero-order valence-corrected chi connectivity index (χ0v) is 13.5. The third-order valence-electron chi connectivity index (χ3n) is 4.64. The molecule has 2 atom stereocenters. The van der Waals surface area contributed by atoms with Crippen LogP contribution in [-0.2, 0) is 9.59 Å². The van der Waals surface area contributed by atoms with Crippen molar-refractivity contribution < 1.29 is 14.7 Å². The Kier molecular flexibility index (Phi) is 4.33. The summed E-state index contributed by atoms with van der Waals surface area (Å²) in [6, 6.07) is 5.51. The van der Waals surface area contributed by atoms with Crippen molar-refractivity contribution in [1.82, 2.24) is 4.90 Å². The molecule has 2 fully saturated rings. The van der Waals surface area contributed by atoms with E-state index in [2.05, 4.69) is 0 Å². The summed E-state index contributed by atoms with van der Waals surface area (Å²) >= 11 is 11.9. The van der Waals surface area contributed by atoms with E-state index in [1.807, 2.05) is 17.0 Å². The zero-order chi connectivity index (χ0) is 15.9. The molecule has 1 aliphatic heterocycles. The van der Waals surface area contributed by atoms with E-state index >= 15 is 0 Å². The molecule has 1 N–H and O–H groups in total. The first-order chi connectivity index (χ1) is 10.5. The van der Waals surface area contributed by atoms with Gasteiger partial charge < -0.3 is 10.0 Å². The lowest BCUT2D eigenvalue weighted by Gasteiger charge is -2.30. The average molecular weight is 342 g/mol. The van der Waals surface area contributed by atoms with Crippen molar-refractivity contribution in [3.8, 4) is 0 Å². The Morgan fingerprint density at radius 2 is 1.82 bits per heavy atom. The van der Waals surface area contributed by atoms with Crippen LogP contribution in [0.3, 0.4) is 0 Å². The zero-order valence-electron chi connectivity index (χ0n) is 12.0. The number of amides is 1. The van der Waals surface area contributed by atoms with Crippen LogP contribution in [0.4, 0.5) is 0 Å². The maximum Gasteiger partial charge on any atom is 0.306 e. The first kappa shape index (κ1) is 15.6. The van der Waals surface area contributed by atoms with Gasteiger partial charge in [-0.2, -0.15) is 0 Å². The Balaban J connectivity index is 1.59. The quantitative estimate of drug-likeness (QED) is 0.916. The Bertz CT molecular complexity index is 611. The molecule has 0 aromatic heterocycles. The van der Waals surface area contributed by atoms with E-state index in [0.717, 1.165) is 12.0 Å². The van der Waals surface area contributed by atoms with Gasteiger partial charge >= 0.3 is 5.97 Å². The number of likely N-dealkylation sites (tertiary alicyclic amines) is 1. The van der Waals surface area contributed by atoms with Crippen molar-refractivity contribution in [2.75, 3.05) is 13.1 Å². The van der Waals surface area contributed by atoms with Gasteiger partial charge in [-0.15, -0.1) is 0 Å². The normalized spacial score (nSPS) is 25.1. The van der Waals surface area contributed by atoms with Gasteiger partial charge in [-0.05, 0) is 42.9 Å². The lowest BCUT2D eigenvalue weighted by molar-refractivity contribution is -0.146. The molecule has 1 aromatic rings. The van der Waals surface area contributed by atoms with E-state index in [-0.39, 0.29) is 23.7 Å². The molecular weight excluding hydrogens is 325 g/mol. The first-order valence-electron chi connectivity index (χ1n) is 7.44. The minimum absolute atomic E-state index is 0.00128. The molecule has 1 saturated heterocycles. The number of rotatable bonds is 3. The van der Waals surface area contributed by atoms with E-state index in [1.165, 1.54) is 0 Å². The van der Waals surface area contributed by atoms with Crippen LogP contribution >= 0.6 is 23.2 Å². The molecule has 3 rings (SSSR count). The van der Waals surface area contributed by atoms with Crippen LogP contribution in [0.1, 0.15) is 30.7 Å². The highest BCUT2D eigenvalue weighted by Gasteiger charge is 2.46. The summed E-state index contributed by atoms with van der Waals surface area (Å²) < 4.78 is 0. The largest absolute Gasteiger partial charge is 0.481 e. The smallest absolute Gasteiger partial charge is 0.306 e. The van der Waals surface area contributed by atoms with E-state index in [0.29, 0.717) is 36.0 Å². The molecule has 0 radical (unpaired) electrons. The second-order valence-corrected chi connectivity index (χ2v) is 6.87. The van der Waals surface area contributed by atoms with Crippen molar-refractivity contribution in [3.63, 3.8) is 0 Å². The molecule has 1 saturated carbocycles. The van der Waals surface area contributed by atoms with E-state index in [9.17, 15) is 9.59 Å². The highest BCUT2D eigenvalue weighted by Crippen LogP contribution is 2.49. The Morgan fingerprint density at radius 3 is 2.41 bits per heavy atom. The van der Waals surface area contributed by atoms with Crippen LogP contribution in [-0.4, -0.2) is 35.0 Å². The molecule has 118 valence electrons. The molecular formula is C16H17Cl2NO3. The molecule has 1 aliphatic carbocycles. The van der Waals surface area contributed by atoms with Gasteiger partial charge in [0.05, 0.1) is 16.0 Å². The minimum Gasteiger partial charge on any atom is -0.481 e. The Labute approximate surface area is 139 Å². The molecule has 1 heterocycles. The molecule has 0 spiro atoms. The summed E-state index contributed by atoms with van der Waals surface area (Å²) in [7, 11) is 0. The number of benzene rings is 1. The number of hydrogen-bond acceptors (Lipinski definition) is 2. The number of nitrogens with zero attached hydrogens (tertiary/aromatic N) is 1. The van der Waals surface area contributed by atoms with Crippen molar-refractivity contribution >= 4 is 35.1 Å². The standard InChI is InChI=1S/C16H17Cl2NO3/c17-13-2-1-10(7-14(13)18)11-8-12(11)15(20)19-5-3-9(4-6-19)16(21)22/h1-2,7,9,11-12H,3-6,8H2,(H,21,22). The second-order valence-electron chi connectivity index (χ2n) is 6.06. The van der Waals surface area contributed by atoms with Gasteiger partial charge in [0.25, 0.3) is 0 Å². The maximum absolute atomic E-state index is 12.5. The Morgan fingerprint density at radius 1 is 1.14 bits per heavy atom. The lowest BCUT2D eigenvalue weighted by atomic mass is 9.96. The highest BCUT2D eigenvalue weighted by atomic mass is 35.5. The fraction of sp³-hybridized carbons (Fsp3) is 0.500. The average Bonchev–Trinajstić information content (AvgIpc) is 3.30. The fourth-order valence-electron chi connectivity index (χ4n) is 3.16. The van der Waals surface area contributed by atoms with E-state index < -0.39 is 5.97 Å². The number of piperidine rings is 1. The van der Waals surface area contributed by atoms with Crippen LogP contribution in [0, 0.1) is 11.8 Å². The number of hydrogen-bond donors (Lipinski definition) is 1. The SMILES string of the molecule is O=C(O)C1CCN(C(=O)C2CC2c2ccc(Cl)c(Cl)c2)CC1. The number of halogens is 2. The summed E-state index contributed by atoms with van der Waals surface area (Å²) in [5.41, 5.74) is 1.05. The molecule has 2 aliphatic rings. The molecule has 1 amide bonds. The maximum atomic E-state index is 12.5. The molecule has 22 heavy (non-hydrogen) atoms. The summed E-state index contributed by atoms with van der Waals surface area (Å²) in [5.74, 6) is -0.723. The van der Waals surface area contributed by atoms with Gasteiger partial charge in [0.1, 0.15) is 0 Å². The van der Waals surface area contributed by atoms with Crippen LogP contribution in [0.5, 0.6) is 0 Å². The summed E-state index contributed by atoms with van der Waals surface area (Å²) in [4.78, 5) is 25.2. The summed E-state index contributed by atoms with van der Waals surface area (Å²) in [5, 5.41) is 10.0. The van der Waals surface area contributed by atoms with E-state index in [4.69, 9.17) is 28.3 Å². The fourth-order valence-corrected chi connectivity index (χ4v) is 3.47. The molecule has 4 nitrogen and oxygen atoms in total. The highest BCUT2D eigenvalue weighted by molar-refractivity contribution is 6.42. The number of carbonyl (C=O) groups is 2. The second kappa shape index (κ2) is 6.09. The van der Waals surface area contributed by atoms with Crippen molar-refractivity contribution in [1.29, 1.82) is 0 Å². The molecule has 6 heteroatoms. The Hall–Kier alpha value is -1.26. The predicted molar refractivity (Wildman–Crippen MR) is 84.2 cm³/mol. The number of carbonyl (C=O) groups excluding carboxylic acids is 1. The van der Waals surface area contributed by atoms with E-state index in [1.54, 1.807) is 6.07 Å². The third kappa shape index (κ3) is 3.08. The van der Waals surface area contributed by atoms with Gasteiger partial charge in [-0.3, -0.25) is 9.59 Å².